The molecule has 0 radical (unpaired) electrons. The SMILES string of the molecule is CC1=[N+](c2ccc([N+](=O)[O-])cc2[N+](=O)[O-])CCS1. The van der Waals surface area contributed by atoms with Crippen molar-refractivity contribution in [2.75, 3.05) is 12.3 Å². The molecule has 0 saturated carbocycles. The Labute approximate surface area is 106 Å². The summed E-state index contributed by atoms with van der Waals surface area (Å²) in [7, 11) is 0. The normalized spacial score (nSPS) is 14.9. The maximum Gasteiger partial charge on any atom is 0.346 e. The fourth-order valence-corrected chi connectivity index (χ4v) is 2.72. The van der Waals surface area contributed by atoms with Gasteiger partial charge in [-0.1, -0.05) is 11.8 Å². The highest BCUT2D eigenvalue weighted by Crippen LogP contribution is 2.33. The second kappa shape index (κ2) is 4.73. The molecule has 1 aliphatic rings. The van der Waals surface area contributed by atoms with Crippen molar-refractivity contribution in [3.05, 3.63) is 38.4 Å². The Hall–Kier alpha value is -1.96. The molecule has 1 heterocycles. The van der Waals surface area contributed by atoms with Gasteiger partial charge in [0.05, 0.1) is 15.6 Å². The molecule has 0 spiro atoms. The molecule has 1 aromatic rings. The lowest BCUT2D eigenvalue weighted by atomic mass is 10.2. The number of nitro benzene ring substituents is 2. The van der Waals surface area contributed by atoms with E-state index in [4.69, 9.17) is 0 Å². The first-order valence-electron chi connectivity index (χ1n) is 5.17. The van der Waals surface area contributed by atoms with E-state index in [1.165, 1.54) is 12.1 Å². The zero-order chi connectivity index (χ0) is 13.3. The number of rotatable bonds is 3. The standard InChI is InChI=1S/C10H10N3O4S/c1-7-11(4-5-18-7)9-3-2-8(12(14)15)6-10(9)13(16)17/h2-3,6H,4-5H2,1H3/q+1. The molecule has 0 bridgehead atoms. The van der Waals surface area contributed by atoms with Gasteiger partial charge in [0.2, 0.25) is 5.04 Å². The molecular formula is C10H10N3O4S+. The van der Waals surface area contributed by atoms with Crippen LogP contribution in [0.1, 0.15) is 6.92 Å². The number of benzene rings is 1. The molecule has 0 saturated heterocycles. The van der Waals surface area contributed by atoms with E-state index in [-0.39, 0.29) is 11.4 Å². The Morgan fingerprint density at radius 1 is 1.28 bits per heavy atom. The first kappa shape index (κ1) is 12.5. The van der Waals surface area contributed by atoms with E-state index in [0.717, 1.165) is 16.9 Å². The molecule has 18 heavy (non-hydrogen) atoms. The van der Waals surface area contributed by atoms with E-state index in [0.29, 0.717) is 12.2 Å². The van der Waals surface area contributed by atoms with Crippen LogP contribution in [0.5, 0.6) is 0 Å². The lowest BCUT2D eigenvalue weighted by Crippen LogP contribution is -2.09. The molecule has 0 unspecified atom stereocenters. The highest BCUT2D eigenvalue weighted by molar-refractivity contribution is 8.13. The zero-order valence-corrected chi connectivity index (χ0v) is 10.3. The predicted octanol–water partition coefficient (Wildman–Crippen LogP) is 2.31. The van der Waals surface area contributed by atoms with Crippen LogP contribution in [-0.4, -0.2) is 31.8 Å². The van der Waals surface area contributed by atoms with Gasteiger partial charge < -0.3 is 0 Å². The number of nitro groups is 2. The van der Waals surface area contributed by atoms with E-state index < -0.39 is 9.85 Å². The summed E-state index contributed by atoms with van der Waals surface area (Å²) < 4.78 is 1.81. The third-order valence-electron chi connectivity index (χ3n) is 2.66. The van der Waals surface area contributed by atoms with Crippen LogP contribution in [0, 0.1) is 20.2 Å². The van der Waals surface area contributed by atoms with Crippen LogP contribution in [-0.2, 0) is 0 Å². The lowest BCUT2D eigenvalue weighted by molar-refractivity contribution is -0.450. The summed E-state index contributed by atoms with van der Waals surface area (Å²) in [6.45, 7) is 2.55. The summed E-state index contributed by atoms with van der Waals surface area (Å²) in [5.41, 5.74) is -0.0888. The van der Waals surface area contributed by atoms with Gasteiger partial charge in [-0.2, -0.15) is 4.58 Å². The molecule has 94 valence electrons. The van der Waals surface area contributed by atoms with Gasteiger partial charge >= 0.3 is 5.69 Å². The maximum absolute atomic E-state index is 11.0. The van der Waals surface area contributed by atoms with Crippen LogP contribution in [0.25, 0.3) is 0 Å². The minimum atomic E-state index is -0.633. The van der Waals surface area contributed by atoms with Crippen molar-refractivity contribution in [1.82, 2.24) is 0 Å². The van der Waals surface area contributed by atoms with Gasteiger partial charge in [0.15, 0.2) is 6.54 Å². The van der Waals surface area contributed by atoms with Gasteiger partial charge in [-0.25, -0.2) is 0 Å². The largest absolute Gasteiger partial charge is 0.346 e. The lowest BCUT2D eigenvalue weighted by Gasteiger charge is -2.00. The van der Waals surface area contributed by atoms with Gasteiger partial charge in [0, 0.05) is 19.1 Å². The minimum Gasteiger partial charge on any atom is -0.258 e. The summed E-state index contributed by atoms with van der Waals surface area (Å²) in [5.74, 6) is 0.861. The Kier molecular flexibility index (Phi) is 3.28. The molecular weight excluding hydrogens is 258 g/mol. The molecule has 1 aromatic carbocycles. The summed E-state index contributed by atoms with van der Waals surface area (Å²) in [5, 5.41) is 22.6. The molecule has 1 aliphatic heterocycles. The predicted molar refractivity (Wildman–Crippen MR) is 67.7 cm³/mol. The van der Waals surface area contributed by atoms with Gasteiger partial charge in [-0.05, 0) is 0 Å². The van der Waals surface area contributed by atoms with Crippen molar-refractivity contribution in [2.24, 2.45) is 0 Å². The second-order valence-electron chi connectivity index (χ2n) is 3.71. The molecule has 2 rings (SSSR count). The fourth-order valence-electron chi connectivity index (χ4n) is 1.81. The van der Waals surface area contributed by atoms with Gasteiger partial charge in [-0.15, -0.1) is 0 Å². The molecule has 0 atom stereocenters. The number of non-ortho nitro benzene ring substituents is 1. The van der Waals surface area contributed by atoms with Crippen molar-refractivity contribution >= 4 is 33.9 Å². The van der Waals surface area contributed by atoms with Crippen molar-refractivity contribution < 1.29 is 14.4 Å². The molecule has 0 N–H and O–H groups in total. The molecule has 0 fully saturated rings. The number of hydrogen-bond donors (Lipinski definition) is 0. The van der Waals surface area contributed by atoms with Crippen molar-refractivity contribution in [3.8, 4) is 0 Å². The van der Waals surface area contributed by atoms with Crippen molar-refractivity contribution in [1.29, 1.82) is 0 Å². The third-order valence-corrected chi connectivity index (χ3v) is 3.69. The van der Waals surface area contributed by atoms with Crippen LogP contribution in [0.4, 0.5) is 17.1 Å². The van der Waals surface area contributed by atoms with Crippen LogP contribution >= 0.6 is 11.8 Å². The molecule has 8 heteroatoms. The Bertz CT molecular complexity index is 570. The van der Waals surface area contributed by atoms with E-state index in [2.05, 4.69) is 0 Å². The van der Waals surface area contributed by atoms with E-state index in [1.807, 2.05) is 11.5 Å². The summed E-state index contributed by atoms with van der Waals surface area (Å²) in [6, 6.07) is 3.73. The van der Waals surface area contributed by atoms with Crippen LogP contribution < -0.4 is 0 Å². The third kappa shape index (κ3) is 2.19. The zero-order valence-electron chi connectivity index (χ0n) is 9.53. The van der Waals surface area contributed by atoms with Crippen LogP contribution in [0.2, 0.25) is 0 Å². The Balaban J connectivity index is 2.58. The first-order chi connectivity index (χ1) is 8.50. The topological polar surface area (TPSA) is 89.3 Å². The fraction of sp³-hybridized carbons (Fsp3) is 0.300. The quantitative estimate of drug-likeness (QED) is 0.476. The molecule has 0 aromatic heterocycles. The molecule has 0 aliphatic carbocycles. The average molecular weight is 268 g/mol. The average Bonchev–Trinajstić information content (AvgIpc) is 2.74. The maximum atomic E-state index is 11.0. The Morgan fingerprint density at radius 2 is 2.00 bits per heavy atom. The molecule has 7 nitrogen and oxygen atoms in total. The number of hydrogen-bond acceptors (Lipinski definition) is 5. The van der Waals surface area contributed by atoms with Gasteiger partial charge in [0.1, 0.15) is 6.07 Å². The van der Waals surface area contributed by atoms with Crippen LogP contribution in [0.15, 0.2) is 18.2 Å². The van der Waals surface area contributed by atoms with Crippen LogP contribution in [0.3, 0.4) is 0 Å². The Morgan fingerprint density at radius 3 is 2.50 bits per heavy atom. The minimum absolute atomic E-state index is 0.231. The second-order valence-corrected chi connectivity index (χ2v) is 4.99. The van der Waals surface area contributed by atoms with E-state index >= 15 is 0 Å². The highest BCUT2D eigenvalue weighted by Gasteiger charge is 2.31. The van der Waals surface area contributed by atoms with E-state index in [9.17, 15) is 20.2 Å². The van der Waals surface area contributed by atoms with Gasteiger partial charge in [-0.3, -0.25) is 20.2 Å². The monoisotopic (exact) mass is 268 g/mol. The van der Waals surface area contributed by atoms with Crippen molar-refractivity contribution in [3.63, 3.8) is 0 Å². The summed E-state index contributed by atoms with van der Waals surface area (Å²) in [4.78, 5) is 20.4. The summed E-state index contributed by atoms with van der Waals surface area (Å²) in [6.07, 6.45) is 0. The van der Waals surface area contributed by atoms with E-state index in [1.54, 1.807) is 11.8 Å². The number of nitrogens with zero attached hydrogens (tertiary/aromatic N) is 3. The highest BCUT2D eigenvalue weighted by atomic mass is 32.2. The number of thioether (sulfide) groups is 1. The van der Waals surface area contributed by atoms with Gasteiger partial charge in [0.25, 0.3) is 11.4 Å². The smallest absolute Gasteiger partial charge is 0.258 e. The summed E-state index contributed by atoms with van der Waals surface area (Å²) >= 11 is 1.62. The first-order valence-corrected chi connectivity index (χ1v) is 6.16. The molecule has 0 amide bonds. The van der Waals surface area contributed by atoms with Crippen molar-refractivity contribution in [2.45, 2.75) is 6.92 Å².